The van der Waals surface area contributed by atoms with Crippen LogP contribution in [0.4, 0.5) is 4.79 Å². The summed E-state index contributed by atoms with van der Waals surface area (Å²) in [6.45, 7) is 8.92. The minimum atomic E-state index is -3.69. The van der Waals surface area contributed by atoms with Gasteiger partial charge in [0.15, 0.2) is 0 Å². The van der Waals surface area contributed by atoms with Crippen molar-refractivity contribution in [3.8, 4) is 0 Å². The van der Waals surface area contributed by atoms with E-state index in [0.717, 1.165) is 12.8 Å². The van der Waals surface area contributed by atoms with Crippen LogP contribution in [0.1, 0.15) is 46.1 Å². The van der Waals surface area contributed by atoms with E-state index in [2.05, 4.69) is 15.0 Å². The molecule has 8 heteroatoms. The second-order valence-electron chi connectivity index (χ2n) is 8.32. The monoisotopic (exact) mass is 404 g/mol. The van der Waals surface area contributed by atoms with Crippen LogP contribution in [0.25, 0.3) is 4.91 Å². The molecule has 1 aromatic rings. The van der Waals surface area contributed by atoms with Crippen molar-refractivity contribution in [3.05, 3.63) is 41.5 Å². The average molecular weight is 405 g/mol. The number of nitrogens with one attached hydrogen (secondary N) is 2. The number of hydrogen-bond donors (Lipinski definition) is 2. The summed E-state index contributed by atoms with van der Waals surface area (Å²) in [6.07, 6.45) is 1.48. The molecule has 2 aliphatic heterocycles. The maximum absolute atomic E-state index is 12.6. The summed E-state index contributed by atoms with van der Waals surface area (Å²) in [7, 11) is -3.69. The third-order valence-corrected chi connectivity index (χ3v) is 6.27. The lowest BCUT2D eigenvalue weighted by Crippen LogP contribution is -2.52. The van der Waals surface area contributed by atoms with Gasteiger partial charge in [0.05, 0.1) is 0 Å². The van der Waals surface area contributed by atoms with Crippen molar-refractivity contribution in [3.63, 3.8) is 0 Å². The lowest BCUT2D eigenvalue weighted by Gasteiger charge is -2.34. The van der Waals surface area contributed by atoms with E-state index in [1.54, 1.807) is 12.1 Å². The van der Waals surface area contributed by atoms with E-state index in [0.29, 0.717) is 30.1 Å². The van der Waals surface area contributed by atoms with Crippen LogP contribution in [0.3, 0.4) is 0 Å². The molecule has 3 rings (SSSR count). The Bertz CT molecular complexity index is 907. The largest absolute Gasteiger partial charge is 0.356 e. The van der Waals surface area contributed by atoms with Crippen molar-refractivity contribution in [2.45, 2.75) is 52.1 Å². The van der Waals surface area contributed by atoms with Gasteiger partial charge in [-0.15, -0.1) is 4.40 Å². The molecule has 2 aliphatic rings. The van der Waals surface area contributed by atoms with Crippen LogP contribution in [0, 0.1) is 0 Å². The molecule has 1 fully saturated rings. The van der Waals surface area contributed by atoms with Crippen molar-refractivity contribution < 1.29 is 13.2 Å². The van der Waals surface area contributed by atoms with Crippen LogP contribution < -0.4 is 10.6 Å². The summed E-state index contributed by atoms with van der Waals surface area (Å²) < 4.78 is 29.3. The fourth-order valence-electron chi connectivity index (χ4n) is 3.57. The van der Waals surface area contributed by atoms with Crippen molar-refractivity contribution >= 4 is 26.8 Å². The molecule has 2 heterocycles. The maximum Gasteiger partial charge on any atom is 0.315 e. The number of carbonyl (C=O) groups is 1. The third kappa shape index (κ3) is 4.55. The average Bonchev–Trinajstić information content (AvgIpc) is 2.84. The van der Waals surface area contributed by atoms with E-state index in [9.17, 15) is 13.2 Å². The number of carbonyl (C=O) groups excluding carboxylic acids is 1. The first kappa shape index (κ1) is 20.4. The van der Waals surface area contributed by atoms with Crippen molar-refractivity contribution in [1.82, 2.24) is 15.5 Å². The Morgan fingerprint density at radius 3 is 2.32 bits per heavy atom. The molecule has 1 saturated heterocycles. The van der Waals surface area contributed by atoms with Gasteiger partial charge in [0.25, 0.3) is 10.0 Å². The van der Waals surface area contributed by atoms with Gasteiger partial charge >= 0.3 is 6.03 Å². The number of rotatable bonds is 2. The summed E-state index contributed by atoms with van der Waals surface area (Å²) in [5.41, 5.74) is 1.06. The molecule has 0 radical (unpaired) electrons. The molecular formula is C20H28N4O3S. The number of benzene rings is 1. The van der Waals surface area contributed by atoms with Gasteiger partial charge in [-0.05, 0) is 46.1 Å². The van der Waals surface area contributed by atoms with Crippen molar-refractivity contribution in [1.29, 1.82) is 0 Å². The minimum absolute atomic E-state index is 0.0649. The molecule has 2 N–H and O–H groups in total. The molecule has 0 aliphatic carbocycles. The van der Waals surface area contributed by atoms with Crippen LogP contribution in [-0.2, 0) is 10.0 Å². The van der Waals surface area contributed by atoms with Gasteiger partial charge in [-0.1, -0.05) is 30.3 Å². The van der Waals surface area contributed by atoms with Crippen LogP contribution >= 0.6 is 0 Å². The fraction of sp³-hybridized carbons (Fsp3) is 0.500. The molecule has 1 aromatic carbocycles. The standard InChI is InChI=1S/C20H28N4O3S/c1-14-17(15-8-6-5-7-9-15)28(26,27)23-18(14)24-12-10-16(11-13-24)21-19(25)22-20(2,3)4/h5-9,16H,10-13H2,1-4H3,(H2,21,22,25). The lowest BCUT2D eigenvalue weighted by atomic mass is 10.0. The van der Waals surface area contributed by atoms with E-state index in [1.165, 1.54) is 0 Å². The first-order chi connectivity index (χ1) is 13.1. The van der Waals surface area contributed by atoms with Crippen LogP contribution in [-0.4, -0.2) is 49.9 Å². The first-order valence-electron chi connectivity index (χ1n) is 9.52. The summed E-state index contributed by atoms with van der Waals surface area (Å²) in [6, 6.07) is 8.98. The molecule has 0 saturated carbocycles. The lowest BCUT2D eigenvalue weighted by molar-refractivity contribution is 0.218. The maximum atomic E-state index is 12.6. The number of amidine groups is 1. The van der Waals surface area contributed by atoms with Gasteiger partial charge in [-0.25, -0.2) is 4.79 Å². The number of urea groups is 1. The minimum Gasteiger partial charge on any atom is -0.356 e. The molecule has 0 unspecified atom stereocenters. The molecule has 152 valence electrons. The molecule has 2 amide bonds. The Morgan fingerprint density at radius 1 is 1.14 bits per heavy atom. The van der Waals surface area contributed by atoms with Crippen molar-refractivity contribution in [2.24, 2.45) is 4.40 Å². The molecule has 0 bridgehead atoms. The van der Waals surface area contributed by atoms with E-state index in [1.807, 2.05) is 50.8 Å². The third-order valence-electron chi connectivity index (χ3n) is 4.79. The highest BCUT2D eigenvalue weighted by Crippen LogP contribution is 2.34. The Labute approximate surface area is 167 Å². The number of amides is 2. The molecule has 0 aromatic heterocycles. The van der Waals surface area contributed by atoms with Crippen molar-refractivity contribution in [2.75, 3.05) is 13.1 Å². The topological polar surface area (TPSA) is 90.9 Å². The van der Waals surface area contributed by atoms with Gasteiger partial charge in [0, 0.05) is 30.2 Å². The summed E-state index contributed by atoms with van der Waals surface area (Å²) >= 11 is 0. The quantitative estimate of drug-likeness (QED) is 0.793. The Morgan fingerprint density at radius 2 is 1.75 bits per heavy atom. The highest BCUT2D eigenvalue weighted by molar-refractivity contribution is 8.00. The zero-order valence-electron chi connectivity index (χ0n) is 16.8. The molecule has 28 heavy (non-hydrogen) atoms. The number of sulfonamides is 1. The smallest absolute Gasteiger partial charge is 0.315 e. The normalized spacial score (nSPS) is 20.1. The van der Waals surface area contributed by atoms with Gasteiger partial charge in [0.2, 0.25) is 0 Å². The summed E-state index contributed by atoms with van der Waals surface area (Å²) in [5, 5.41) is 5.90. The predicted molar refractivity (Wildman–Crippen MR) is 111 cm³/mol. The molecular weight excluding hydrogens is 376 g/mol. The number of piperidine rings is 1. The van der Waals surface area contributed by atoms with Gasteiger partial charge in [-0.2, -0.15) is 8.42 Å². The number of hydrogen-bond acceptors (Lipinski definition) is 4. The second kappa shape index (κ2) is 7.58. The van der Waals surface area contributed by atoms with E-state index >= 15 is 0 Å². The van der Waals surface area contributed by atoms with Gasteiger partial charge in [-0.3, -0.25) is 0 Å². The van der Waals surface area contributed by atoms with Gasteiger partial charge < -0.3 is 15.5 Å². The number of likely N-dealkylation sites (tertiary alicyclic amines) is 1. The predicted octanol–water partition coefficient (Wildman–Crippen LogP) is 2.72. The molecule has 0 spiro atoms. The van der Waals surface area contributed by atoms with Gasteiger partial charge in [0.1, 0.15) is 10.7 Å². The highest BCUT2D eigenvalue weighted by atomic mass is 32.2. The number of nitrogens with zero attached hydrogens (tertiary/aromatic N) is 2. The summed E-state index contributed by atoms with van der Waals surface area (Å²) in [5.74, 6) is 0.524. The molecule has 7 nitrogen and oxygen atoms in total. The Hall–Kier alpha value is -2.35. The molecule has 0 atom stereocenters. The van der Waals surface area contributed by atoms with E-state index in [-0.39, 0.29) is 22.5 Å². The Kier molecular flexibility index (Phi) is 5.52. The van der Waals surface area contributed by atoms with Crippen LogP contribution in [0.15, 0.2) is 40.3 Å². The van der Waals surface area contributed by atoms with E-state index < -0.39 is 10.0 Å². The fourth-order valence-corrected chi connectivity index (χ4v) is 5.05. The first-order valence-corrected chi connectivity index (χ1v) is 11.0. The summed E-state index contributed by atoms with van der Waals surface area (Å²) in [4.78, 5) is 14.3. The van der Waals surface area contributed by atoms with Crippen LogP contribution in [0.2, 0.25) is 0 Å². The Balaban J connectivity index is 1.68. The zero-order chi connectivity index (χ0) is 20.5. The van der Waals surface area contributed by atoms with E-state index in [4.69, 9.17) is 0 Å². The van der Waals surface area contributed by atoms with Crippen LogP contribution in [0.5, 0.6) is 0 Å². The zero-order valence-corrected chi connectivity index (χ0v) is 17.6. The second-order valence-corrected chi connectivity index (χ2v) is 9.86. The SMILES string of the molecule is CC1=C(c2ccccc2)S(=O)(=O)N=C1N1CCC(NC(=O)NC(C)(C)C)CC1. The highest BCUT2D eigenvalue weighted by Gasteiger charge is 2.35.